The van der Waals surface area contributed by atoms with Crippen molar-refractivity contribution in [2.24, 2.45) is 5.92 Å². The third kappa shape index (κ3) is 4.13. The summed E-state index contributed by atoms with van der Waals surface area (Å²) >= 11 is 0. The van der Waals surface area contributed by atoms with E-state index in [1.54, 1.807) is 32.2 Å². The van der Waals surface area contributed by atoms with Crippen molar-refractivity contribution in [2.45, 2.75) is 19.9 Å². The van der Waals surface area contributed by atoms with Gasteiger partial charge in [0, 0.05) is 6.20 Å². The van der Waals surface area contributed by atoms with Crippen LogP contribution in [0.25, 0.3) is 0 Å². The highest BCUT2D eigenvalue weighted by Gasteiger charge is 2.27. The highest BCUT2D eigenvalue weighted by Crippen LogP contribution is 2.14. The first-order chi connectivity index (χ1) is 11.4. The Labute approximate surface area is 138 Å². The Bertz CT molecular complexity index is 716. The number of rotatable bonds is 5. The molecule has 0 bridgehead atoms. The van der Waals surface area contributed by atoms with E-state index in [0.717, 1.165) is 18.2 Å². The SMILES string of the molecule is CC(C)C(NC(=O)c1c(F)cccc1F)C(=O)Nc1cccnc1. The van der Waals surface area contributed by atoms with Crippen LogP contribution in [-0.2, 0) is 4.79 Å². The number of nitrogens with zero attached hydrogens (tertiary/aromatic N) is 1. The average Bonchev–Trinajstić information content (AvgIpc) is 2.53. The smallest absolute Gasteiger partial charge is 0.257 e. The number of amides is 2. The number of nitrogens with one attached hydrogen (secondary N) is 2. The number of hydrogen-bond acceptors (Lipinski definition) is 3. The monoisotopic (exact) mass is 333 g/mol. The van der Waals surface area contributed by atoms with Gasteiger partial charge in [-0.1, -0.05) is 19.9 Å². The largest absolute Gasteiger partial charge is 0.340 e. The summed E-state index contributed by atoms with van der Waals surface area (Å²) in [5.74, 6) is -3.74. The Balaban J connectivity index is 2.16. The van der Waals surface area contributed by atoms with Gasteiger partial charge in [0.1, 0.15) is 23.2 Å². The normalized spacial score (nSPS) is 11.9. The molecule has 0 spiro atoms. The summed E-state index contributed by atoms with van der Waals surface area (Å²) in [5.41, 5.74) is -0.253. The van der Waals surface area contributed by atoms with Crippen molar-refractivity contribution in [1.29, 1.82) is 0 Å². The van der Waals surface area contributed by atoms with E-state index in [1.807, 2.05) is 0 Å². The maximum Gasteiger partial charge on any atom is 0.257 e. The minimum atomic E-state index is -0.984. The molecular formula is C17H17F2N3O2. The van der Waals surface area contributed by atoms with Gasteiger partial charge in [-0.3, -0.25) is 14.6 Å². The van der Waals surface area contributed by atoms with Crippen LogP contribution in [0.4, 0.5) is 14.5 Å². The number of carbonyl (C=O) groups is 2. The summed E-state index contributed by atoms with van der Waals surface area (Å²) < 4.78 is 27.4. The van der Waals surface area contributed by atoms with E-state index in [-0.39, 0.29) is 5.92 Å². The molecule has 0 saturated heterocycles. The van der Waals surface area contributed by atoms with E-state index in [9.17, 15) is 18.4 Å². The van der Waals surface area contributed by atoms with Crippen LogP contribution in [0.15, 0.2) is 42.7 Å². The van der Waals surface area contributed by atoms with Crippen molar-refractivity contribution < 1.29 is 18.4 Å². The summed E-state index contributed by atoms with van der Waals surface area (Å²) in [6.45, 7) is 3.43. The van der Waals surface area contributed by atoms with Gasteiger partial charge in [-0.05, 0) is 30.2 Å². The van der Waals surface area contributed by atoms with Crippen LogP contribution in [0.3, 0.4) is 0 Å². The van der Waals surface area contributed by atoms with E-state index < -0.39 is 35.1 Å². The van der Waals surface area contributed by atoms with Gasteiger partial charge in [-0.25, -0.2) is 8.78 Å². The quantitative estimate of drug-likeness (QED) is 0.884. The van der Waals surface area contributed by atoms with Crippen LogP contribution in [0.2, 0.25) is 0 Å². The first-order valence-electron chi connectivity index (χ1n) is 7.36. The Morgan fingerprint density at radius 3 is 2.29 bits per heavy atom. The lowest BCUT2D eigenvalue weighted by atomic mass is 10.0. The van der Waals surface area contributed by atoms with E-state index in [0.29, 0.717) is 5.69 Å². The molecule has 24 heavy (non-hydrogen) atoms. The Hall–Kier alpha value is -2.83. The van der Waals surface area contributed by atoms with Gasteiger partial charge in [0.05, 0.1) is 11.9 Å². The second-order valence-corrected chi connectivity index (χ2v) is 5.52. The maximum atomic E-state index is 13.7. The number of halogens is 2. The van der Waals surface area contributed by atoms with Crippen LogP contribution >= 0.6 is 0 Å². The summed E-state index contributed by atoms with van der Waals surface area (Å²) in [6, 6.07) is 5.46. The fourth-order valence-corrected chi connectivity index (χ4v) is 2.12. The summed E-state index contributed by atoms with van der Waals surface area (Å²) in [6.07, 6.45) is 3.01. The third-order valence-electron chi connectivity index (χ3n) is 3.35. The Morgan fingerprint density at radius 2 is 1.75 bits per heavy atom. The molecule has 126 valence electrons. The van der Waals surface area contributed by atoms with E-state index in [4.69, 9.17) is 0 Å². The second kappa shape index (κ2) is 7.63. The van der Waals surface area contributed by atoms with Crippen molar-refractivity contribution in [3.63, 3.8) is 0 Å². The molecule has 2 N–H and O–H groups in total. The number of carbonyl (C=O) groups excluding carboxylic acids is 2. The highest BCUT2D eigenvalue weighted by atomic mass is 19.1. The molecule has 1 heterocycles. The zero-order valence-electron chi connectivity index (χ0n) is 13.2. The molecule has 0 fully saturated rings. The predicted octanol–water partition coefficient (Wildman–Crippen LogP) is 2.75. The molecule has 1 atom stereocenters. The Morgan fingerprint density at radius 1 is 1.08 bits per heavy atom. The molecule has 2 aromatic rings. The Kier molecular flexibility index (Phi) is 5.57. The number of anilines is 1. The molecule has 0 aliphatic carbocycles. The molecule has 0 aliphatic heterocycles. The number of hydrogen-bond donors (Lipinski definition) is 2. The lowest BCUT2D eigenvalue weighted by molar-refractivity contribution is -0.118. The molecule has 1 aromatic heterocycles. The number of pyridine rings is 1. The van der Waals surface area contributed by atoms with Gasteiger partial charge in [0.15, 0.2) is 0 Å². The van der Waals surface area contributed by atoms with Crippen molar-refractivity contribution in [2.75, 3.05) is 5.32 Å². The molecule has 7 heteroatoms. The van der Waals surface area contributed by atoms with Gasteiger partial charge in [0.25, 0.3) is 5.91 Å². The van der Waals surface area contributed by atoms with E-state index in [2.05, 4.69) is 15.6 Å². The lowest BCUT2D eigenvalue weighted by Crippen LogP contribution is -2.47. The van der Waals surface area contributed by atoms with Gasteiger partial charge in [-0.15, -0.1) is 0 Å². The van der Waals surface area contributed by atoms with Crippen LogP contribution in [0.1, 0.15) is 24.2 Å². The van der Waals surface area contributed by atoms with Crippen molar-refractivity contribution >= 4 is 17.5 Å². The molecule has 2 rings (SSSR count). The van der Waals surface area contributed by atoms with E-state index >= 15 is 0 Å². The topological polar surface area (TPSA) is 71.1 Å². The summed E-state index contributed by atoms with van der Waals surface area (Å²) in [4.78, 5) is 28.4. The van der Waals surface area contributed by atoms with Gasteiger partial charge in [0.2, 0.25) is 5.91 Å². The highest BCUT2D eigenvalue weighted by molar-refractivity contribution is 6.01. The van der Waals surface area contributed by atoms with Crippen molar-refractivity contribution in [1.82, 2.24) is 10.3 Å². The minimum Gasteiger partial charge on any atom is -0.340 e. The fraction of sp³-hybridized carbons (Fsp3) is 0.235. The van der Waals surface area contributed by atoms with Gasteiger partial charge < -0.3 is 10.6 Å². The molecule has 5 nitrogen and oxygen atoms in total. The fourth-order valence-electron chi connectivity index (χ4n) is 2.12. The summed E-state index contributed by atoms with van der Waals surface area (Å²) in [7, 11) is 0. The van der Waals surface area contributed by atoms with Gasteiger partial charge in [-0.2, -0.15) is 0 Å². The molecule has 2 amide bonds. The lowest BCUT2D eigenvalue weighted by Gasteiger charge is -2.22. The van der Waals surface area contributed by atoms with Crippen LogP contribution < -0.4 is 10.6 Å². The molecule has 0 saturated carbocycles. The van der Waals surface area contributed by atoms with Crippen molar-refractivity contribution in [3.8, 4) is 0 Å². The predicted molar refractivity (Wildman–Crippen MR) is 85.3 cm³/mol. The zero-order valence-corrected chi connectivity index (χ0v) is 13.2. The van der Waals surface area contributed by atoms with Crippen molar-refractivity contribution in [3.05, 3.63) is 59.9 Å². The van der Waals surface area contributed by atoms with Gasteiger partial charge >= 0.3 is 0 Å². The van der Waals surface area contributed by atoms with E-state index in [1.165, 1.54) is 6.20 Å². The summed E-state index contributed by atoms with van der Waals surface area (Å²) in [5, 5.41) is 4.99. The molecule has 1 unspecified atom stereocenters. The second-order valence-electron chi connectivity index (χ2n) is 5.52. The van der Waals surface area contributed by atoms with Crippen LogP contribution in [-0.4, -0.2) is 22.8 Å². The first kappa shape index (κ1) is 17.5. The third-order valence-corrected chi connectivity index (χ3v) is 3.35. The standard InChI is InChI=1S/C17H17F2N3O2/c1-10(2)15(17(24)21-11-5-4-8-20-9-11)22-16(23)14-12(18)6-3-7-13(14)19/h3-10,15H,1-2H3,(H,21,24)(H,22,23). The molecule has 0 radical (unpaired) electrons. The number of aromatic nitrogens is 1. The average molecular weight is 333 g/mol. The molecular weight excluding hydrogens is 316 g/mol. The molecule has 1 aromatic carbocycles. The van der Waals surface area contributed by atoms with Crippen LogP contribution in [0, 0.1) is 17.6 Å². The number of benzene rings is 1. The van der Waals surface area contributed by atoms with Crippen LogP contribution in [0.5, 0.6) is 0 Å². The zero-order chi connectivity index (χ0) is 17.7. The first-order valence-corrected chi connectivity index (χ1v) is 7.36. The maximum absolute atomic E-state index is 13.7. The molecule has 0 aliphatic rings. The minimum absolute atomic E-state index is 0.291.